The van der Waals surface area contributed by atoms with Crippen LogP contribution in [-0.4, -0.2) is 50.8 Å². The maximum atomic E-state index is 5.00. The van der Waals surface area contributed by atoms with Crippen LogP contribution in [0, 0.1) is 0 Å². The molecule has 0 unspecified atom stereocenters. The molecule has 1 heterocycles. The summed E-state index contributed by atoms with van der Waals surface area (Å²) in [6.07, 6.45) is 2.58. The molecular formula is C10H22N2O. The second kappa shape index (κ2) is 6.35. The third kappa shape index (κ3) is 4.07. The lowest BCUT2D eigenvalue weighted by Gasteiger charge is -2.31. The summed E-state index contributed by atoms with van der Waals surface area (Å²) in [5.41, 5.74) is 0. The predicted octanol–water partition coefficient (Wildman–Crippen LogP) is 0.707. The van der Waals surface area contributed by atoms with Gasteiger partial charge in [-0.1, -0.05) is 6.92 Å². The van der Waals surface area contributed by atoms with Gasteiger partial charge in [0.2, 0.25) is 0 Å². The molecule has 1 aliphatic rings. The van der Waals surface area contributed by atoms with Crippen LogP contribution in [0.15, 0.2) is 0 Å². The average molecular weight is 186 g/mol. The SMILES string of the molecule is CCN1CCC(NCCOC)CC1. The van der Waals surface area contributed by atoms with Gasteiger partial charge in [-0.05, 0) is 32.5 Å². The Morgan fingerprint density at radius 1 is 1.38 bits per heavy atom. The zero-order chi connectivity index (χ0) is 9.52. The molecule has 0 bridgehead atoms. The van der Waals surface area contributed by atoms with Crippen LogP contribution in [0.1, 0.15) is 19.8 Å². The first-order valence-electron chi connectivity index (χ1n) is 5.31. The predicted molar refractivity (Wildman–Crippen MR) is 55.0 cm³/mol. The fourth-order valence-electron chi connectivity index (χ4n) is 1.82. The van der Waals surface area contributed by atoms with E-state index in [0.29, 0.717) is 0 Å². The Morgan fingerprint density at radius 2 is 2.08 bits per heavy atom. The maximum absolute atomic E-state index is 5.00. The van der Waals surface area contributed by atoms with Crippen molar-refractivity contribution in [3.8, 4) is 0 Å². The highest BCUT2D eigenvalue weighted by molar-refractivity contribution is 4.76. The number of nitrogens with one attached hydrogen (secondary N) is 1. The van der Waals surface area contributed by atoms with E-state index in [9.17, 15) is 0 Å². The summed E-state index contributed by atoms with van der Waals surface area (Å²) in [7, 11) is 1.75. The van der Waals surface area contributed by atoms with Gasteiger partial charge in [-0.3, -0.25) is 0 Å². The number of piperidine rings is 1. The first-order valence-corrected chi connectivity index (χ1v) is 5.31. The van der Waals surface area contributed by atoms with Gasteiger partial charge in [-0.15, -0.1) is 0 Å². The molecule has 0 aromatic heterocycles. The van der Waals surface area contributed by atoms with Crippen molar-refractivity contribution in [2.45, 2.75) is 25.8 Å². The smallest absolute Gasteiger partial charge is 0.0587 e. The van der Waals surface area contributed by atoms with Gasteiger partial charge < -0.3 is 15.0 Å². The highest BCUT2D eigenvalue weighted by Crippen LogP contribution is 2.08. The largest absolute Gasteiger partial charge is 0.383 e. The van der Waals surface area contributed by atoms with Crippen LogP contribution >= 0.6 is 0 Å². The molecule has 0 aliphatic carbocycles. The monoisotopic (exact) mass is 186 g/mol. The van der Waals surface area contributed by atoms with Crippen LogP contribution in [0.5, 0.6) is 0 Å². The van der Waals surface area contributed by atoms with E-state index in [2.05, 4.69) is 17.1 Å². The Bertz CT molecular complexity index is 119. The zero-order valence-corrected chi connectivity index (χ0v) is 8.88. The van der Waals surface area contributed by atoms with Crippen molar-refractivity contribution >= 4 is 0 Å². The molecule has 1 fully saturated rings. The van der Waals surface area contributed by atoms with Crippen molar-refractivity contribution in [1.29, 1.82) is 0 Å². The van der Waals surface area contributed by atoms with E-state index in [-0.39, 0.29) is 0 Å². The second-order valence-corrected chi connectivity index (χ2v) is 3.66. The first-order chi connectivity index (χ1) is 6.36. The Morgan fingerprint density at radius 3 is 2.62 bits per heavy atom. The molecule has 1 rings (SSSR count). The summed E-state index contributed by atoms with van der Waals surface area (Å²) in [4.78, 5) is 2.51. The molecule has 1 N–H and O–H groups in total. The van der Waals surface area contributed by atoms with Gasteiger partial charge in [0.15, 0.2) is 0 Å². The number of methoxy groups -OCH3 is 1. The molecule has 0 spiro atoms. The van der Waals surface area contributed by atoms with E-state index >= 15 is 0 Å². The van der Waals surface area contributed by atoms with Crippen molar-refractivity contribution in [3.63, 3.8) is 0 Å². The standard InChI is InChI=1S/C10H22N2O/c1-3-12-7-4-10(5-8-12)11-6-9-13-2/h10-11H,3-9H2,1-2H3. The molecule has 13 heavy (non-hydrogen) atoms. The minimum Gasteiger partial charge on any atom is -0.383 e. The van der Waals surface area contributed by atoms with Crippen LogP contribution in [0.3, 0.4) is 0 Å². The fraction of sp³-hybridized carbons (Fsp3) is 1.00. The second-order valence-electron chi connectivity index (χ2n) is 3.66. The Labute approximate surface area is 81.4 Å². The van der Waals surface area contributed by atoms with E-state index in [1.807, 2.05) is 0 Å². The third-order valence-corrected chi connectivity index (χ3v) is 2.77. The van der Waals surface area contributed by atoms with Gasteiger partial charge in [-0.2, -0.15) is 0 Å². The number of hydrogen-bond donors (Lipinski definition) is 1. The summed E-state index contributed by atoms with van der Waals surface area (Å²) in [6.45, 7) is 7.76. The molecule has 1 aliphatic heterocycles. The van der Waals surface area contributed by atoms with E-state index in [1.54, 1.807) is 7.11 Å². The van der Waals surface area contributed by atoms with Crippen LogP contribution in [0.4, 0.5) is 0 Å². The first kappa shape index (κ1) is 11.0. The van der Waals surface area contributed by atoms with Crippen molar-refractivity contribution in [2.75, 3.05) is 39.9 Å². The van der Waals surface area contributed by atoms with Gasteiger partial charge in [0, 0.05) is 19.7 Å². The molecule has 0 aromatic carbocycles. The number of likely N-dealkylation sites (tertiary alicyclic amines) is 1. The quantitative estimate of drug-likeness (QED) is 0.640. The minimum atomic E-state index is 0.720. The van der Waals surface area contributed by atoms with Crippen LogP contribution in [0.25, 0.3) is 0 Å². The van der Waals surface area contributed by atoms with E-state index in [1.165, 1.54) is 32.5 Å². The molecule has 0 amide bonds. The van der Waals surface area contributed by atoms with Crippen molar-refractivity contribution in [3.05, 3.63) is 0 Å². The van der Waals surface area contributed by atoms with Crippen molar-refractivity contribution < 1.29 is 4.74 Å². The summed E-state index contributed by atoms with van der Waals surface area (Å²) in [5, 5.41) is 3.52. The lowest BCUT2D eigenvalue weighted by Crippen LogP contribution is -2.43. The Kier molecular flexibility index (Phi) is 5.35. The van der Waals surface area contributed by atoms with Gasteiger partial charge in [0.25, 0.3) is 0 Å². The summed E-state index contributed by atoms with van der Waals surface area (Å²) in [6, 6.07) is 0.720. The summed E-state index contributed by atoms with van der Waals surface area (Å²) in [5.74, 6) is 0. The van der Waals surface area contributed by atoms with E-state index < -0.39 is 0 Å². The fourth-order valence-corrected chi connectivity index (χ4v) is 1.82. The zero-order valence-electron chi connectivity index (χ0n) is 8.88. The highest BCUT2D eigenvalue weighted by atomic mass is 16.5. The lowest BCUT2D eigenvalue weighted by molar-refractivity contribution is 0.175. The highest BCUT2D eigenvalue weighted by Gasteiger charge is 2.16. The molecule has 78 valence electrons. The minimum absolute atomic E-state index is 0.720. The van der Waals surface area contributed by atoms with Crippen molar-refractivity contribution in [2.24, 2.45) is 0 Å². The molecule has 3 heteroatoms. The third-order valence-electron chi connectivity index (χ3n) is 2.77. The number of hydrogen-bond acceptors (Lipinski definition) is 3. The van der Waals surface area contributed by atoms with Crippen LogP contribution in [0.2, 0.25) is 0 Å². The molecule has 0 radical (unpaired) electrons. The van der Waals surface area contributed by atoms with Crippen LogP contribution < -0.4 is 5.32 Å². The van der Waals surface area contributed by atoms with Gasteiger partial charge in [-0.25, -0.2) is 0 Å². The maximum Gasteiger partial charge on any atom is 0.0587 e. The summed E-state index contributed by atoms with van der Waals surface area (Å²) < 4.78 is 5.00. The van der Waals surface area contributed by atoms with Gasteiger partial charge >= 0.3 is 0 Å². The molecule has 1 saturated heterocycles. The van der Waals surface area contributed by atoms with Gasteiger partial charge in [0.05, 0.1) is 6.61 Å². The van der Waals surface area contributed by atoms with E-state index in [4.69, 9.17) is 4.74 Å². The van der Waals surface area contributed by atoms with E-state index in [0.717, 1.165) is 19.2 Å². The van der Waals surface area contributed by atoms with Gasteiger partial charge in [0.1, 0.15) is 0 Å². The molecule has 0 atom stereocenters. The molecule has 0 aromatic rings. The molecular weight excluding hydrogens is 164 g/mol. The average Bonchev–Trinajstić information content (AvgIpc) is 2.19. The van der Waals surface area contributed by atoms with Crippen LogP contribution in [-0.2, 0) is 4.74 Å². The normalized spacial score (nSPS) is 20.8. The molecule has 0 saturated carbocycles. The Balaban J connectivity index is 2.03. The number of nitrogens with zero attached hydrogens (tertiary/aromatic N) is 1. The Hall–Kier alpha value is -0.120. The number of rotatable bonds is 5. The number of ether oxygens (including phenoxy) is 1. The summed E-state index contributed by atoms with van der Waals surface area (Å²) >= 11 is 0. The van der Waals surface area contributed by atoms with Crippen molar-refractivity contribution in [1.82, 2.24) is 10.2 Å². The lowest BCUT2D eigenvalue weighted by atomic mass is 10.1. The molecule has 3 nitrogen and oxygen atoms in total. The topological polar surface area (TPSA) is 24.5 Å².